The lowest BCUT2D eigenvalue weighted by Crippen LogP contribution is -2.12. The van der Waals surface area contributed by atoms with E-state index in [2.05, 4.69) is 42.2 Å². The molecule has 0 unspecified atom stereocenters. The van der Waals surface area contributed by atoms with Gasteiger partial charge in [0, 0.05) is 11.5 Å². The average Bonchev–Trinajstić information content (AvgIpc) is 2.92. The van der Waals surface area contributed by atoms with Crippen molar-refractivity contribution < 1.29 is 0 Å². The number of aryl methyl sites for hydroxylation is 1. The number of aromatic amines is 1. The van der Waals surface area contributed by atoms with Gasteiger partial charge < -0.3 is 0 Å². The number of H-pyrrole nitrogens is 1. The lowest BCUT2D eigenvalue weighted by atomic mass is 9.80. The number of nitrogens with one attached hydrogen (secondary N) is 1. The first kappa shape index (κ1) is 13.9. The van der Waals surface area contributed by atoms with E-state index in [4.69, 9.17) is 0 Å². The Morgan fingerprint density at radius 1 is 1.24 bits per heavy atom. The summed E-state index contributed by atoms with van der Waals surface area (Å²) in [5.74, 6) is 1.27. The van der Waals surface area contributed by atoms with E-state index in [0.717, 1.165) is 41.3 Å². The van der Waals surface area contributed by atoms with Crippen LogP contribution in [0.1, 0.15) is 55.3 Å². The molecule has 0 bridgehead atoms. The van der Waals surface area contributed by atoms with Crippen molar-refractivity contribution in [3.8, 4) is 17.3 Å². The van der Waals surface area contributed by atoms with Crippen LogP contribution in [0.25, 0.3) is 11.3 Å². The third kappa shape index (κ3) is 2.71. The number of rotatable bonds is 2. The van der Waals surface area contributed by atoms with Gasteiger partial charge in [0.25, 0.3) is 0 Å². The van der Waals surface area contributed by atoms with Crippen molar-refractivity contribution in [3.05, 3.63) is 41.1 Å². The van der Waals surface area contributed by atoms with Crippen molar-refractivity contribution in [2.45, 2.75) is 45.4 Å². The molecule has 3 rings (SSSR count). The molecule has 1 aromatic heterocycles. The number of hydrogen-bond acceptors (Lipinski definition) is 2. The van der Waals surface area contributed by atoms with Crippen LogP contribution in [0.5, 0.6) is 0 Å². The third-order valence-corrected chi connectivity index (χ3v) is 4.62. The summed E-state index contributed by atoms with van der Waals surface area (Å²) in [6.07, 6.45) is 4.80. The van der Waals surface area contributed by atoms with Gasteiger partial charge in [-0.05, 0) is 31.7 Å². The number of hydrogen-bond donors (Lipinski definition) is 1. The second-order valence-electron chi connectivity index (χ2n) is 6.30. The maximum Gasteiger partial charge on any atom is 0.110 e. The Kier molecular flexibility index (Phi) is 3.79. The highest BCUT2D eigenvalue weighted by atomic mass is 15.1. The molecule has 2 aromatic rings. The molecular weight excluding hydrogens is 258 g/mol. The van der Waals surface area contributed by atoms with Crippen LogP contribution in [0.3, 0.4) is 0 Å². The summed E-state index contributed by atoms with van der Waals surface area (Å²) in [7, 11) is 0. The molecule has 0 radical (unpaired) electrons. The summed E-state index contributed by atoms with van der Waals surface area (Å²) >= 11 is 0. The molecule has 3 heteroatoms. The van der Waals surface area contributed by atoms with E-state index in [-0.39, 0.29) is 0 Å². The van der Waals surface area contributed by atoms with Crippen LogP contribution in [-0.4, -0.2) is 10.2 Å². The van der Waals surface area contributed by atoms with Gasteiger partial charge in [-0.3, -0.25) is 5.10 Å². The lowest BCUT2D eigenvalue weighted by Gasteiger charge is -2.25. The fourth-order valence-electron chi connectivity index (χ4n) is 3.31. The van der Waals surface area contributed by atoms with Crippen LogP contribution in [0, 0.1) is 24.2 Å². The van der Waals surface area contributed by atoms with Crippen LogP contribution in [0.4, 0.5) is 0 Å². The fourth-order valence-corrected chi connectivity index (χ4v) is 3.31. The number of benzene rings is 1. The highest BCUT2D eigenvalue weighted by Crippen LogP contribution is 2.38. The zero-order valence-electron chi connectivity index (χ0n) is 12.7. The molecule has 0 saturated heterocycles. The van der Waals surface area contributed by atoms with Gasteiger partial charge in [-0.2, -0.15) is 10.4 Å². The minimum absolute atomic E-state index is 0.460. The van der Waals surface area contributed by atoms with Crippen molar-refractivity contribution in [2.75, 3.05) is 0 Å². The zero-order chi connectivity index (χ0) is 14.8. The Balaban J connectivity index is 1.96. The molecule has 1 aromatic carbocycles. The van der Waals surface area contributed by atoms with Crippen LogP contribution < -0.4 is 0 Å². The van der Waals surface area contributed by atoms with E-state index in [1.54, 1.807) is 0 Å². The number of nitrogens with zero attached hydrogens (tertiary/aromatic N) is 2. The predicted molar refractivity (Wildman–Crippen MR) is 83.8 cm³/mol. The topological polar surface area (TPSA) is 52.5 Å². The van der Waals surface area contributed by atoms with E-state index in [9.17, 15) is 5.26 Å². The van der Waals surface area contributed by atoms with Crippen LogP contribution in [0.15, 0.2) is 24.3 Å². The standard InChI is InChI=1S/C18H21N3/c1-12-6-8-14(9-7-12)17-16(11-19)18(21-20-17)15-5-3-4-13(2)10-15/h3-5,10,12,14H,6-9H2,1-2H3,(H,20,21). The molecule has 3 nitrogen and oxygen atoms in total. The maximum absolute atomic E-state index is 9.59. The lowest BCUT2D eigenvalue weighted by molar-refractivity contribution is 0.343. The van der Waals surface area contributed by atoms with Gasteiger partial charge in [-0.15, -0.1) is 0 Å². The quantitative estimate of drug-likeness (QED) is 0.876. The molecule has 1 heterocycles. The van der Waals surface area contributed by atoms with Crippen molar-refractivity contribution in [2.24, 2.45) is 5.92 Å². The predicted octanol–water partition coefficient (Wildman–Crippen LogP) is 4.55. The zero-order valence-corrected chi connectivity index (χ0v) is 12.7. The third-order valence-electron chi connectivity index (χ3n) is 4.62. The van der Waals surface area contributed by atoms with Gasteiger partial charge in [0.2, 0.25) is 0 Å². The van der Waals surface area contributed by atoms with Crippen LogP contribution >= 0.6 is 0 Å². The van der Waals surface area contributed by atoms with Gasteiger partial charge >= 0.3 is 0 Å². The largest absolute Gasteiger partial charge is 0.280 e. The molecule has 1 aliphatic carbocycles. The normalized spacial score (nSPS) is 22.0. The summed E-state index contributed by atoms with van der Waals surface area (Å²) in [5, 5.41) is 17.2. The summed E-state index contributed by atoms with van der Waals surface area (Å²) in [6, 6.07) is 10.6. The molecule has 1 N–H and O–H groups in total. The van der Waals surface area contributed by atoms with Gasteiger partial charge in [-0.25, -0.2) is 0 Å². The SMILES string of the molecule is Cc1cccc(-c2n[nH]c(C3CCC(C)CC3)c2C#N)c1. The van der Waals surface area contributed by atoms with Gasteiger partial charge in [-0.1, -0.05) is 43.5 Å². The van der Waals surface area contributed by atoms with E-state index in [1.807, 2.05) is 12.1 Å². The molecular formula is C18H21N3. The summed E-state index contributed by atoms with van der Waals surface area (Å²) in [4.78, 5) is 0. The van der Waals surface area contributed by atoms with Crippen molar-refractivity contribution in [1.29, 1.82) is 5.26 Å². The molecule has 1 saturated carbocycles. The van der Waals surface area contributed by atoms with E-state index < -0.39 is 0 Å². The second kappa shape index (κ2) is 5.73. The first-order valence-electron chi connectivity index (χ1n) is 7.74. The molecule has 0 spiro atoms. The maximum atomic E-state index is 9.59. The highest BCUT2D eigenvalue weighted by molar-refractivity contribution is 5.68. The molecule has 21 heavy (non-hydrogen) atoms. The molecule has 1 fully saturated rings. The van der Waals surface area contributed by atoms with E-state index in [0.29, 0.717) is 5.92 Å². The minimum Gasteiger partial charge on any atom is -0.280 e. The van der Waals surface area contributed by atoms with Crippen molar-refractivity contribution >= 4 is 0 Å². The Labute approximate surface area is 126 Å². The number of nitriles is 1. The minimum atomic E-state index is 0.460. The summed E-state index contributed by atoms with van der Waals surface area (Å²) in [5.41, 5.74) is 4.79. The Hall–Kier alpha value is -2.08. The summed E-state index contributed by atoms with van der Waals surface area (Å²) in [6.45, 7) is 4.37. The van der Waals surface area contributed by atoms with Crippen LogP contribution in [-0.2, 0) is 0 Å². The highest BCUT2D eigenvalue weighted by Gasteiger charge is 2.25. The first-order valence-corrected chi connectivity index (χ1v) is 7.74. The van der Waals surface area contributed by atoms with Crippen molar-refractivity contribution in [1.82, 2.24) is 10.2 Å². The molecule has 108 valence electrons. The van der Waals surface area contributed by atoms with E-state index in [1.165, 1.54) is 18.4 Å². The monoisotopic (exact) mass is 279 g/mol. The molecule has 1 aliphatic rings. The fraction of sp³-hybridized carbons (Fsp3) is 0.444. The van der Waals surface area contributed by atoms with Gasteiger partial charge in [0.1, 0.15) is 17.3 Å². The Morgan fingerprint density at radius 3 is 2.67 bits per heavy atom. The molecule has 0 atom stereocenters. The molecule has 0 aliphatic heterocycles. The Morgan fingerprint density at radius 2 is 2.00 bits per heavy atom. The Bertz CT molecular complexity index is 670. The van der Waals surface area contributed by atoms with Crippen LogP contribution in [0.2, 0.25) is 0 Å². The summed E-state index contributed by atoms with van der Waals surface area (Å²) < 4.78 is 0. The number of aromatic nitrogens is 2. The van der Waals surface area contributed by atoms with E-state index >= 15 is 0 Å². The smallest absolute Gasteiger partial charge is 0.110 e. The van der Waals surface area contributed by atoms with Gasteiger partial charge in [0.05, 0.1) is 5.69 Å². The van der Waals surface area contributed by atoms with Gasteiger partial charge in [0.15, 0.2) is 0 Å². The second-order valence-corrected chi connectivity index (χ2v) is 6.30. The van der Waals surface area contributed by atoms with Crippen molar-refractivity contribution in [3.63, 3.8) is 0 Å². The first-order chi connectivity index (χ1) is 10.2. The average molecular weight is 279 g/mol. The molecule has 0 amide bonds.